The van der Waals surface area contributed by atoms with Crippen molar-refractivity contribution in [3.05, 3.63) is 53.9 Å². The predicted molar refractivity (Wildman–Crippen MR) is 78.0 cm³/mol. The third-order valence-corrected chi connectivity index (χ3v) is 4.00. The van der Waals surface area contributed by atoms with Crippen molar-refractivity contribution >= 4 is 11.3 Å². The molecular formula is C15H9FN4S. The summed E-state index contributed by atoms with van der Waals surface area (Å²) >= 11 is 1.22. The van der Waals surface area contributed by atoms with Gasteiger partial charge in [-0.1, -0.05) is 0 Å². The van der Waals surface area contributed by atoms with E-state index in [1.165, 1.54) is 17.5 Å². The third kappa shape index (κ3) is 2.51. The Labute approximate surface area is 124 Å². The fraction of sp³-hybridized carbons (Fsp3) is 0.0667. The van der Waals surface area contributed by atoms with E-state index in [9.17, 15) is 4.39 Å². The zero-order valence-electron chi connectivity index (χ0n) is 11.0. The number of aromatic nitrogens is 3. The van der Waals surface area contributed by atoms with Gasteiger partial charge in [-0.2, -0.15) is 9.65 Å². The minimum Gasteiger partial charge on any atom is -0.264 e. The number of hydrogen-bond donors (Lipinski definition) is 0. The maximum absolute atomic E-state index is 14.1. The van der Waals surface area contributed by atoms with E-state index in [0.717, 1.165) is 11.1 Å². The molecule has 0 atom stereocenters. The van der Waals surface area contributed by atoms with E-state index in [4.69, 9.17) is 5.26 Å². The molecule has 0 N–H and O–H groups in total. The van der Waals surface area contributed by atoms with E-state index in [1.807, 2.05) is 12.1 Å². The van der Waals surface area contributed by atoms with Crippen LogP contribution in [-0.4, -0.2) is 15.0 Å². The number of hydrogen-bond acceptors (Lipinski definition) is 5. The molecule has 0 fully saturated rings. The van der Waals surface area contributed by atoms with Crippen LogP contribution in [0.15, 0.2) is 36.8 Å². The average Bonchev–Trinajstić information content (AvgIpc) is 2.90. The second kappa shape index (κ2) is 5.38. The van der Waals surface area contributed by atoms with Gasteiger partial charge >= 0.3 is 0 Å². The minimum atomic E-state index is -0.556. The smallest absolute Gasteiger partial charge is 0.233 e. The van der Waals surface area contributed by atoms with Crippen LogP contribution in [-0.2, 0) is 0 Å². The molecule has 3 heterocycles. The molecule has 21 heavy (non-hydrogen) atoms. The van der Waals surface area contributed by atoms with Gasteiger partial charge in [-0.15, -0.1) is 11.3 Å². The summed E-state index contributed by atoms with van der Waals surface area (Å²) in [5.41, 5.74) is 2.47. The molecular weight excluding hydrogens is 287 g/mol. The number of nitriles is 1. The zero-order chi connectivity index (χ0) is 14.8. The van der Waals surface area contributed by atoms with Crippen LogP contribution in [0, 0.1) is 24.2 Å². The number of aryl methyl sites for hydroxylation is 1. The molecule has 6 heteroatoms. The molecule has 0 amide bonds. The molecule has 0 aromatic carbocycles. The molecule has 102 valence electrons. The van der Waals surface area contributed by atoms with Gasteiger partial charge in [-0.05, 0) is 30.7 Å². The van der Waals surface area contributed by atoms with E-state index >= 15 is 0 Å². The van der Waals surface area contributed by atoms with Gasteiger partial charge in [0, 0.05) is 24.2 Å². The van der Waals surface area contributed by atoms with Gasteiger partial charge in [0.05, 0.1) is 11.3 Å². The van der Waals surface area contributed by atoms with Crippen LogP contribution in [0.1, 0.15) is 11.1 Å². The van der Waals surface area contributed by atoms with Crippen molar-refractivity contribution < 1.29 is 4.39 Å². The molecule has 0 saturated carbocycles. The molecule has 0 aliphatic carbocycles. The molecule has 4 nitrogen and oxygen atoms in total. The highest BCUT2D eigenvalue weighted by atomic mass is 32.1. The summed E-state index contributed by atoms with van der Waals surface area (Å²) in [4.78, 5) is 12.5. The fourth-order valence-corrected chi connectivity index (χ4v) is 2.93. The van der Waals surface area contributed by atoms with Crippen LogP contribution >= 0.6 is 11.3 Å². The van der Waals surface area contributed by atoms with Gasteiger partial charge < -0.3 is 0 Å². The molecule has 3 rings (SSSR count). The fourth-order valence-electron chi connectivity index (χ4n) is 1.93. The van der Waals surface area contributed by atoms with E-state index in [0.29, 0.717) is 21.1 Å². The monoisotopic (exact) mass is 296 g/mol. The standard InChI is InChI=1S/C15H9FN4S/c1-9-5-10(6-17)7-19-12(9)13-14(16)20-15(21-13)11-3-2-4-18-8-11/h2-5,7-8H,1H3. The molecule has 0 bridgehead atoms. The zero-order valence-corrected chi connectivity index (χ0v) is 11.9. The SMILES string of the molecule is Cc1cc(C#N)cnc1-c1sc(-c2cccnc2)nc1F. The lowest BCUT2D eigenvalue weighted by Gasteiger charge is -2.01. The van der Waals surface area contributed by atoms with E-state index in [-0.39, 0.29) is 0 Å². The Morgan fingerprint density at radius 3 is 2.86 bits per heavy atom. The van der Waals surface area contributed by atoms with Gasteiger partial charge in [0.1, 0.15) is 16.0 Å². The van der Waals surface area contributed by atoms with E-state index < -0.39 is 5.95 Å². The molecule has 0 saturated heterocycles. The first-order valence-corrected chi connectivity index (χ1v) is 6.94. The quantitative estimate of drug-likeness (QED) is 0.725. The third-order valence-electron chi connectivity index (χ3n) is 2.92. The number of halogens is 1. The van der Waals surface area contributed by atoms with Gasteiger partial charge in [0.15, 0.2) is 0 Å². The van der Waals surface area contributed by atoms with Crippen LogP contribution in [0.4, 0.5) is 4.39 Å². The molecule has 0 aliphatic heterocycles. The summed E-state index contributed by atoms with van der Waals surface area (Å²) in [6, 6.07) is 7.31. The van der Waals surface area contributed by atoms with Crippen LogP contribution in [0.5, 0.6) is 0 Å². The summed E-state index contributed by atoms with van der Waals surface area (Å²) in [6.45, 7) is 1.80. The molecule has 3 aromatic heterocycles. The van der Waals surface area contributed by atoms with Crippen LogP contribution in [0.25, 0.3) is 21.1 Å². The second-order valence-electron chi connectivity index (χ2n) is 4.38. The van der Waals surface area contributed by atoms with Gasteiger partial charge in [-0.3, -0.25) is 9.97 Å². The first-order valence-electron chi connectivity index (χ1n) is 6.13. The van der Waals surface area contributed by atoms with Crippen molar-refractivity contribution in [3.63, 3.8) is 0 Å². The van der Waals surface area contributed by atoms with E-state index in [1.54, 1.807) is 31.5 Å². The number of rotatable bonds is 2. The Morgan fingerprint density at radius 2 is 2.19 bits per heavy atom. The lowest BCUT2D eigenvalue weighted by molar-refractivity contribution is 0.595. The average molecular weight is 296 g/mol. The highest BCUT2D eigenvalue weighted by Gasteiger charge is 2.17. The number of thiazole rings is 1. The van der Waals surface area contributed by atoms with Crippen molar-refractivity contribution in [2.24, 2.45) is 0 Å². The Hall–Kier alpha value is -2.65. The van der Waals surface area contributed by atoms with Crippen LogP contribution in [0.2, 0.25) is 0 Å². The van der Waals surface area contributed by atoms with Crippen molar-refractivity contribution in [2.75, 3.05) is 0 Å². The Kier molecular flexibility index (Phi) is 3.42. The number of pyridine rings is 2. The Morgan fingerprint density at radius 1 is 1.33 bits per heavy atom. The van der Waals surface area contributed by atoms with Crippen molar-refractivity contribution in [2.45, 2.75) is 6.92 Å². The molecule has 3 aromatic rings. The topological polar surface area (TPSA) is 62.5 Å². The largest absolute Gasteiger partial charge is 0.264 e. The normalized spacial score (nSPS) is 10.3. The first kappa shape index (κ1) is 13.3. The van der Waals surface area contributed by atoms with Crippen molar-refractivity contribution in [1.82, 2.24) is 15.0 Å². The van der Waals surface area contributed by atoms with Gasteiger partial charge in [0.25, 0.3) is 0 Å². The summed E-state index contributed by atoms with van der Waals surface area (Å²) in [6.07, 6.45) is 4.73. The lowest BCUT2D eigenvalue weighted by atomic mass is 10.1. The summed E-state index contributed by atoms with van der Waals surface area (Å²) in [5.74, 6) is -0.556. The van der Waals surface area contributed by atoms with Crippen molar-refractivity contribution in [3.8, 4) is 27.2 Å². The van der Waals surface area contributed by atoms with Crippen LogP contribution in [0.3, 0.4) is 0 Å². The Balaban J connectivity index is 2.09. The number of nitrogens with zero attached hydrogens (tertiary/aromatic N) is 4. The summed E-state index contributed by atoms with van der Waals surface area (Å²) < 4.78 is 14.1. The summed E-state index contributed by atoms with van der Waals surface area (Å²) in [5, 5.41) is 9.41. The predicted octanol–water partition coefficient (Wildman–Crippen LogP) is 3.59. The van der Waals surface area contributed by atoms with E-state index in [2.05, 4.69) is 15.0 Å². The van der Waals surface area contributed by atoms with Crippen LogP contribution < -0.4 is 0 Å². The van der Waals surface area contributed by atoms with Gasteiger partial charge in [0.2, 0.25) is 5.95 Å². The molecule has 0 unspecified atom stereocenters. The maximum Gasteiger partial charge on any atom is 0.233 e. The summed E-state index contributed by atoms with van der Waals surface area (Å²) in [7, 11) is 0. The Bertz CT molecular complexity index is 837. The molecule has 0 radical (unpaired) electrons. The second-order valence-corrected chi connectivity index (χ2v) is 5.38. The molecule has 0 spiro atoms. The highest BCUT2D eigenvalue weighted by Crippen LogP contribution is 2.34. The molecule has 0 aliphatic rings. The van der Waals surface area contributed by atoms with Crippen molar-refractivity contribution in [1.29, 1.82) is 5.26 Å². The van der Waals surface area contributed by atoms with Gasteiger partial charge in [-0.25, -0.2) is 4.98 Å². The highest BCUT2D eigenvalue weighted by molar-refractivity contribution is 7.18. The minimum absolute atomic E-state index is 0.371. The maximum atomic E-state index is 14.1. The lowest BCUT2D eigenvalue weighted by Crippen LogP contribution is -1.90. The first-order chi connectivity index (χ1) is 10.2.